The van der Waals surface area contributed by atoms with Gasteiger partial charge in [-0.15, -0.1) is 0 Å². The van der Waals surface area contributed by atoms with Crippen molar-refractivity contribution in [2.75, 3.05) is 0 Å². The molecule has 3 nitrogen and oxygen atoms in total. The Bertz CT molecular complexity index is 204. The van der Waals surface area contributed by atoms with Crippen LogP contribution in [0, 0.1) is 11.8 Å². The first kappa shape index (κ1) is 7.10. The fraction of sp³-hybridized carbons (Fsp3) is 0.875. The first-order valence-corrected chi connectivity index (χ1v) is 4.17. The van der Waals surface area contributed by atoms with E-state index in [1.165, 1.54) is 6.42 Å². The number of aliphatic carboxylic acids is 1. The van der Waals surface area contributed by atoms with Crippen molar-refractivity contribution in [2.24, 2.45) is 17.6 Å². The summed E-state index contributed by atoms with van der Waals surface area (Å²) < 4.78 is 0. The molecule has 2 aliphatic rings. The van der Waals surface area contributed by atoms with E-state index in [1.807, 2.05) is 0 Å². The summed E-state index contributed by atoms with van der Waals surface area (Å²) in [5.74, 6) is 0.114. The van der Waals surface area contributed by atoms with E-state index in [-0.39, 0.29) is 5.92 Å². The standard InChI is InChI=1S/C8H13NO2/c9-8(7(10)11)3-1-2-5-4-6(5)8/h5-6H,1-4,9H2,(H,10,11)/t5-,6+,8-/m1/s1. The van der Waals surface area contributed by atoms with Gasteiger partial charge in [0, 0.05) is 0 Å². The zero-order valence-corrected chi connectivity index (χ0v) is 6.42. The summed E-state index contributed by atoms with van der Waals surface area (Å²) in [6.07, 6.45) is 3.90. The van der Waals surface area contributed by atoms with Crippen LogP contribution in [0.25, 0.3) is 0 Å². The molecule has 0 amide bonds. The van der Waals surface area contributed by atoms with Crippen molar-refractivity contribution in [3.05, 3.63) is 0 Å². The topological polar surface area (TPSA) is 63.3 Å². The van der Waals surface area contributed by atoms with Crippen molar-refractivity contribution in [1.82, 2.24) is 0 Å². The highest BCUT2D eigenvalue weighted by Gasteiger charge is 2.56. The molecule has 2 fully saturated rings. The summed E-state index contributed by atoms with van der Waals surface area (Å²) in [7, 11) is 0. The van der Waals surface area contributed by atoms with E-state index < -0.39 is 11.5 Å². The average molecular weight is 155 g/mol. The Morgan fingerprint density at radius 3 is 2.91 bits per heavy atom. The van der Waals surface area contributed by atoms with Gasteiger partial charge in [-0.05, 0) is 24.7 Å². The van der Waals surface area contributed by atoms with Crippen LogP contribution in [-0.4, -0.2) is 16.6 Å². The summed E-state index contributed by atoms with van der Waals surface area (Å²) in [6.45, 7) is 0. The predicted molar refractivity (Wildman–Crippen MR) is 40.0 cm³/mol. The Labute approximate surface area is 65.6 Å². The number of carbonyl (C=O) groups is 1. The van der Waals surface area contributed by atoms with Crippen LogP contribution >= 0.6 is 0 Å². The monoisotopic (exact) mass is 155 g/mol. The predicted octanol–water partition coefficient (Wildman–Crippen LogP) is 0.588. The molecule has 0 radical (unpaired) electrons. The molecule has 3 atom stereocenters. The van der Waals surface area contributed by atoms with Gasteiger partial charge in [0.25, 0.3) is 0 Å². The Morgan fingerprint density at radius 1 is 1.64 bits per heavy atom. The molecule has 62 valence electrons. The summed E-state index contributed by atoms with van der Waals surface area (Å²) >= 11 is 0. The normalized spacial score (nSPS) is 48.1. The molecule has 3 N–H and O–H groups in total. The van der Waals surface area contributed by atoms with Crippen LogP contribution in [0.4, 0.5) is 0 Å². The molecule has 0 spiro atoms. The summed E-state index contributed by atoms with van der Waals surface area (Å²) in [5, 5.41) is 8.87. The Hall–Kier alpha value is -0.570. The number of nitrogens with two attached hydrogens (primary N) is 1. The van der Waals surface area contributed by atoms with Gasteiger partial charge in [-0.25, -0.2) is 0 Å². The summed E-state index contributed by atoms with van der Waals surface area (Å²) in [6, 6.07) is 0. The lowest BCUT2D eigenvalue weighted by Gasteiger charge is -2.28. The maximum Gasteiger partial charge on any atom is 0.323 e. The molecule has 0 saturated heterocycles. The molecule has 0 aromatic rings. The molecule has 0 aliphatic heterocycles. The zero-order valence-electron chi connectivity index (χ0n) is 6.42. The Morgan fingerprint density at radius 2 is 2.36 bits per heavy atom. The van der Waals surface area contributed by atoms with E-state index in [2.05, 4.69) is 0 Å². The van der Waals surface area contributed by atoms with Crippen molar-refractivity contribution in [2.45, 2.75) is 31.2 Å². The largest absolute Gasteiger partial charge is 0.480 e. The first-order valence-electron chi connectivity index (χ1n) is 4.17. The van der Waals surface area contributed by atoms with Gasteiger partial charge in [0.1, 0.15) is 5.54 Å². The molecule has 2 aliphatic carbocycles. The Kier molecular flexibility index (Phi) is 1.27. The molecule has 0 aromatic heterocycles. The van der Waals surface area contributed by atoms with Gasteiger partial charge < -0.3 is 10.8 Å². The Balaban J connectivity index is 2.17. The highest BCUT2D eigenvalue weighted by molar-refractivity contribution is 5.79. The van der Waals surface area contributed by atoms with Crippen LogP contribution in [0.2, 0.25) is 0 Å². The molecule has 0 bridgehead atoms. The van der Waals surface area contributed by atoms with Gasteiger partial charge in [-0.3, -0.25) is 4.79 Å². The quantitative estimate of drug-likeness (QED) is 0.582. The van der Waals surface area contributed by atoms with Gasteiger partial charge >= 0.3 is 5.97 Å². The van der Waals surface area contributed by atoms with E-state index in [4.69, 9.17) is 10.8 Å². The van der Waals surface area contributed by atoms with Crippen molar-refractivity contribution >= 4 is 5.97 Å². The van der Waals surface area contributed by atoms with Gasteiger partial charge in [-0.1, -0.05) is 12.8 Å². The fourth-order valence-corrected chi connectivity index (χ4v) is 2.31. The molecule has 0 heterocycles. The highest BCUT2D eigenvalue weighted by Crippen LogP contribution is 2.53. The van der Waals surface area contributed by atoms with Crippen molar-refractivity contribution < 1.29 is 9.90 Å². The summed E-state index contributed by atoms with van der Waals surface area (Å²) in [4.78, 5) is 10.8. The lowest BCUT2D eigenvalue weighted by Crippen LogP contribution is -2.51. The van der Waals surface area contributed by atoms with E-state index in [0.717, 1.165) is 12.8 Å². The second-order valence-electron chi connectivity index (χ2n) is 3.84. The van der Waals surface area contributed by atoms with E-state index >= 15 is 0 Å². The van der Waals surface area contributed by atoms with Gasteiger partial charge in [-0.2, -0.15) is 0 Å². The molecule has 11 heavy (non-hydrogen) atoms. The maximum absolute atomic E-state index is 10.8. The molecular weight excluding hydrogens is 142 g/mol. The minimum Gasteiger partial charge on any atom is -0.480 e. The number of carboxylic acids is 1. The average Bonchev–Trinajstić information content (AvgIpc) is 2.67. The lowest BCUT2D eigenvalue weighted by molar-refractivity contribution is -0.145. The van der Waals surface area contributed by atoms with Gasteiger partial charge in [0.05, 0.1) is 0 Å². The van der Waals surface area contributed by atoms with E-state index in [0.29, 0.717) is 12.3 Å². The van der Waals surface area contributed by atoms with E-state index in [1.54, 1.807) is 0 Å². The van der Waals surface area contributed by atoms with Crippen LogP contribution in [0.5, 0.6) is 0 Å². The molecule has 0 unspecified atom stereocenters. The number of hydrogen-bond acceptors (Lipinski definition) is 2. The van der Waals surface area contributed by atoms with Crippen molar-refractivity contribution in [3.8, 4) is 0 Å². The summed E-state index contributed by atoms with van der Waals surface area (Å²) in [5.41, 5.74) is 4.92. The number of rotatable bonds is 1. The maximum atomic E-state index is 10.8. The third kappa shape index (κ3) is 0.872. The number of fused-ring (bicyclic) bond motifs is 1. The van der Waals surface area contributed by atoms with Crippen LogP contribution in [0.1, 0.15) is 25.7 Å². The van der Waals surface area contributed by atoms with Crippen LogP contribution in [0.15, 0.2) is 0 Å². The minimum atomic E-state index is -0.872. The molecule has 2 saturated carbocycles. The SMILES string of the molecule is N[C@]1(C(=O)O)CCC[C@@H]2C[C@@H]21. The second kappa shape index (κ2) is 1.97. The molecule has 0 aromatic carbocycles. The first-order chi connectivity index (χ1) is 5.14. The zero-order chi connectivity index (χ0) is 8.06. The fourth-order valence-electron chi connectivity index (χ4n) is 2.31. The van der Waals surface area contributed by atoms with Crippen LogP contribution in [-0.2, 0) is 4.79 Å². The van der Waals surface area contributed by atoms with Crippen molar-refractivity contribution in [3.63, 3.8) is 0 Å². The molecule has 3 heteroatoms. The second-order valence-corrected chi connectivity index (χ2v) is 3.84. The molecule has 2 rings (SSSR count). The van der Waals surface area contributed by atoms with Gasteiger partial charge in [0.15, 0.2) is 0 Å². The smallest absolute Gasteiger partial charge is 0.323 e. The van der Waals surface area contributed by atoms with E-state index in [9.17, 15) is 4.79 Å². The van der Waals surface area contributed by atoms with Crippen LogP contribution in [0.3, 0.4) is 0 Å². The third-order valence-electron chi connectivity index (χ3n) is 3.15. The number of hydrogen-bond donors (Lipinski definition) is 2. The molecular formula is C8H13NO2. The highest BCUT2D eigenvalue weighted by atomic mass is 16.4. The van der Waals surface area contributed by atoms with Gasteiger partial charge in [0.2, 0.25) is 0 Å². The lowest BCUT2D eigenvalue weighted by atomic mass is 9.82. The van der Waals surface area contributed by atoms with Crippen molar-refractivity contribution in [1.29, 1.82) is 0 Å². The number of carboxylic acid groups (broad SMARTS) is 1. The minimum absolute atomic E-state index is 0.286. The van der Waals surface area contributed by atoms with Crippen LogP contribution < -0.4 is 5.73 Å². The third-order valence-corrected chi connectivity index (χ3v) is 3.15.